The van der Waals surface area contributed by atoms with Gasteiger partial charge in [-0.1, -0.05) is 47.1 Å². The van der Waals surface area contributed by atoms with Crippen molar-refractivity contribution in [2.45, 2.75) is 0 Å². The molecule has 0 saturated carbocycles. The van der Waals surface area contributed by atoms with E-state index in [1.165, 1.54) is 0 Å². The van der Waals surface area contributed by atoms with Crippen LogP contribution < -0.4 is 0 Å². The summed E-state index contributed by atoms with van der Waals surface area (Å²) in [5.41, 5.74) is 2.18. The molecule has 1 aliphatic rings. The Labute approximate surface area is 167 Å². The standard InChI is InChI=1S/C21H18ClN3O3/c22-18-7-2-1-4-15(18)8-9-19-23-20(24-28-19)16-5-3-6-17(14-16)21(26)25-10-12-27-13-11-25/h1-9,14H,10-13H2. The molecule has 142 valence electrons. The quantitative estimate of drug-likeness (QED) is 0.667. The van der Waals surface area contributed by atoms with E-state index in [4.69, 9.17) is 20.9 Å². The molecule has 2 heterocycles. The van der Waals surface area contributed by atoms with Crippen LogP contribution in [0, 0.1) is 0 Å². The van der Waals surface area contributed by atoms with Gasteiger partial charge in [0.1, 0.15) is 0 Å². The lowest BCUT2D eigenvalue weighted by atomic mass is 10.1. The van der Waals surface area contributed by atoms with E-state index in [2.05, 4.69) is 10.1 Å². The smallest absolute Gasteiger partial charge is 0.254 e. The molecule has 0 spiro atoms. The van der Waals surface area contributed by atoms with Gasteiger partial charge < -0.3 is 14.2 Å². The molecule has 0 unspecified atom stereocenters. The van der Waals surface area contributed by atoms with Crippen LogP contribution in [-0.2, 0) is 4.74 Å². The van der Waals surface area contributed by atoms with Gasteiger partial charge in [0, 0.05) is 35.3 Å². The first kappa shape index (κ1) is 18.4. The van der Waals surface area contributed by atoms with Crippen molar-refractivity contribution in [3.63, 3.8) is 0 Å². The van der Waals surface area contributed by atoms with Crippen LogP contribution in [0.1, 0.15) is 21.8 Å². The molecule has 6 nitrogen and oxygen atoms in total. The predicted molar refractivity (Wildman–Crippen MR) is 107 cm³/mol. The van der Waals surface area contributed by atoms with Crippen molar-refractivity contribution in [1.82, 2.24) is 15.0 Å². The third-order valence-corrected chi connectivity index (χ3v) is 4.76. The average Bonchev–Trinajstić information content (AvgIpc) is 3.22. The Morgan fingerprint density at radius 1 is 1.07 bits per heavy atom. The third-order valence-electron chi connectivity index (χ3n) is 4.42. The Morgan fingerprint density at radius 3 is 2.71 bits per heavy atom. The van der Waals surface area contributed by atoms with Gasteiger partial charge in [0.25, 0.3) is 11.8 Å². The monoisotopic (exact) mass is 395 g/mol. The van der Waals surface area contributed by atoms with E-state index in [9.17, 15) is 4.79 Å². The van der Waals surface area contributed by atoms with E-state index in [1.54, 1.807) is 23.1 Å². The van der Waals surface area contributed by atoms with Crippen LogP contribution >= 0.6 is 11.6 Å². The Bertz CT molecular complexity index is 1010. The fourth-order valence-electron chi connectivity index (χ4n) is 2.93. The molecule has 1 aliphatic heterocycles. The number of carbonyl (C=O) groups excluding carboxylic acids is 1. The van der Waals surface area contributed by atoms with Crippen molar-refractivity contribution in [3.05, 3.63) is 70.6 Å². The number of ether oxygens (including phenoxy) is 1. The van der Waals surface area contributed by atoms with Gasteiger partial charge >= 0.3 is 0 Å². The number of hydrogen-bond acceptors (Lipinski definition) is 5. The van der Waals surface area contributed by atoms with Gasteiger partial charge in [0.05, 0.1) is 13.2 Å². The zero-order valence-electron chi connectivity index (χ0n) is 15.0. The zero-order valence-corrected chi connectivity index (χ0v) is 15.8. The number of hydrogen-bond donors (Lipinski definition) is 0. The highest BCUT2D eigenvalue weighted by atomic mass is 35.5. The summed E-state index contributed by atoms with van der Waals surface area (Å²) in [6.07, 6.45) is 3.53. The second-order valence-electron chi connectivity index (χ2n) is 6.30. The van der Waals surface area contributed by atoms with Crippen LogP contribution in [0.2, 0.25) is 5.02 Å². The summed E-state index contributed by atoms with van der Waals surface area (Å²) in [7, 11) is 0. The molecule has 1 fully saturated rings. The fourth-order valence-corrected chi connectivity index (χ4v) is 3.13. The van der Waals surface area contributed by atoms with Crippen LogP contribution in [0.15, 0.2) is 53.1 Å². The van der Waals surface area contributed by atoms with Crippen molar-refractivity contribution in [1.29, 1.82) is 0 Å². The lowest BCUT2D eigenvalue weighted by Crippen LogP contribution is -2.40. The number of benzene rings is 2. The van der Waals surface area contributed by atoms with Gasteiger partial charge in [-0.05, 0) is 29.8 Å². The minimum atomic E-state index is -0.0208. The molecule has 0 aliphatic carbocycles. The van der Waals surface area contributed by atoms with E-state index < -0.39 is 0 Å². The van der Waals surface area contributed by atoms with Gasteiger partial charge in [-0.25, -0.2) is 0 Å². The minimum absolute atomic E-state index is 0.0208. The van der Waals surface area contributed by atoms with Crippen molar-refractivity contribution in [2.75, 3.05) is 26.3 Å². The number of rotatable bonds is 4. The van der Waals surface area contributed by atoms with Crippen LogP contribution in [0.4, 0.5) is 0 Å². The maximum atomic E-state index is 12.7. The summed E-state index contributed by atoms with van der Waals surface area (Å²) in [5, 5.41) is 4.66. The Balaban J connectivity index is 1.52. The Hall–Kier alpha value is -2.96. The second-order valence-corrected chi connectivity index (χ2v) is 6.70. The Kier molecular flexibility index (Phi) is 5.50. The first-order valence-corrected chi connectivity index (χ1v) is 9.32. The lowest BCUT2D eigenvalue weighted by Gasteiger charge is -2.26. The van der Waals surface area contributed by atoms with E-state index in [0.29, 0.717) is 48.6 Å². The molecular weight excluding hydrogens is 378 g/mol. The van der Waals surface area contributed by atoms with E-state index in [1.807, 2.05) is 42.5 Å². The summed E-state index contributed by atoms with van der Waals surface area (Å²) in [6, 6.07) is 14.7. The normalized spacial score (nSPS) is 14.5. The van der Waals surface area contributed by atoms with Gasteiger partial charge in [0.2, 0.25) is 5.82 Å². The molecule has 0 bridgehead atoms. The van der Waals surface area contributed by atoms with Crippen LogP contribution in [-0.4, -0.2) is 47.3 Å². The molecule has 2 aromatic carbocycles. The number of nitrogens with zero attached hydrogens (tertiary/aromatic N) is 3. The van der Waals surface area contributed by atoms with E-state index in [0.717, 1.165) is 11.1 Å². The zero-order chi connectivity index (χ0) is 19.3. The lowest BCUT2D eigenvalue weighted by molar-refractivity contribution is 0.0303. The highest BCUT2D eigenvalue weighted by Gasteiger charge is 2.19. The van der Waals surface area contributed by atoms with Crippen LogP contribution in [0.3, 0.4) is 0 Å². The molecule has 4 rings (SSSR count). The maximum absolute atomic E-state index is 12.7. The number of aromatic nitrogens is 2. The molecule has 0 atom stereocenters. The maximum Gasteiger partial charge on any atom is 0.254 e. The highest BCUT2D eigenvalue weighted by Crippen LogP contribution is 2.21. The minimum Gasteiger partial charge on any atom is -0.378 e. The Morgan fingerprint density at radius 2 is 1.89 bits per heavy atom. The largest absolute Gasteiger partial charge is 0.378 e. The van der Waals surface area contributed by atoms with Crippen molar-refractivity contribution in [3.8, 4) is 11.4 Å². The summed E-state index contributed by atoms with van der Waals surface area (Å²) >= 11 is 6.14. The molecule has 28 heavy (non-hydrogen) atoms. The molecule has 1 saturated heterocycles. The first-order chi connectivity index (χ1) is 13.7. The molecule has 0 radical (unpaired) electrons. The van der Waals surface area contributed by atoms with Gasteiger partial charge in [0.15, 0.2) is 0 Å². The molecule has 3 aromatic rings. The number of morpholine rings is 1. The van der Waals surface area contributed by atoms with Crippen molar-refractivity contribution in [2.24, 2.45) is 0 Å². The number of halogens is 1. The number of carbonyl (C=O) groups is 1. The second kappa shape index (κ2) is 8.37. The molecule has 1 aromatic heterocycles. The summed E-state index contributed by atoms with van der Waals surface area (Å²) in [4.78, 5) is 18.8. The van der Waals surface area contributed by atoms with E-state index in [-0.39, 0.29) is 5.91 Å². The summed E-state index contributed by atoms with van der Waals surface area (Å²) in [5.74, 6) is 0.766. The molecule has 7 heteroatoms. The fraction of sp³-hybridized carbons (Fsp3) is 0.190. The summed E-state index contributed by atoms with van der Waals surface area (Å²) < 4.78 is 10.6. The van der Waals surface area contributed by atoms with E-state index >= 15 is 0 Å². The SMILES string of the molecule is O=C(c1cccc(-c2noc(C=Cc3ccccc3Cl)n2)c1)N1CCOCC1. The van der Waals surface area contributed by atoms with Gasteiger partial charge in [-0.15, -0.1) is 0 Å². The highest BCUT2D eigenvalue weighted by molar-refractivity contribution is 6.32. The molecule has 1 amide bonds. The van der Waals surface area contributed by atoms with Crippen LogP contribution in [0.5, 0.6) is 0 Å². The van der Waals surface area contributed by atoms with Crippen molar-refractivity contribution >= 4 is 29.7 Å². The molecule has 0 N–H and O–H groups in total. The van der Waals surface area contributed by atoms with Crippen molar-refractivity contribution < 1.29 is 14.1 Å². The van der Waals surface area contributed by atoms with Gasteiger partial charge in [-0.3, -0.25) is 4.79 Å². The van der Waals surface area contributed by atoms with Gasteiger partial charge in [-0.2, -0.15) is 4.98 Å². The first-order valence-electron chi connectivity index (χ1n) is 8.94. The number of amides is 1. The molecular formula is C21H18ClN3O3. The topological polar surface area (TPSA) is 68.5 Å². The summed E-state index contributed by atoms with van der Waals surface area (Å²) in [6.45, 7) is 2.33. The predicted octanol–water partition coefficient (Wildman–Crippen LogP) is 4.03. The average molecular weight is 396 g/mol. The van der Waals surface area contributed by atoms with Crippen LogP contribution in [0.25, 0.3) is 23.5 Å². The third kappa shape index (κ3) is 4.13.